The van der Waals surface area contributed by atoms with E-state index in [0.717, 1.165) is 5.39 Å². The van der Waals surface area contributed by atoms with Gasteiger partial charge in [0.2, 0.25) is 5.78 Å². The molecular formula is C15H9ClN2O2. The number of pyridine rings is 1. The third-order valence-corrected chi connectivity index (χ3v) is 3.27. The number of H-pyrrole nitrogens is 1. The Bertz CT molecular complexity index is 809. The zero-order valence-corrected chi connectivity index (χ0v) is 11.0. The lowest BCUT2D eigenvalue weighted by atomic mass is 10.0. The lowest BCUT2D eigenvalue weighted by molar-refractivity contribution is -0.104. The number of carbonyl (C=O) groups excluding carboxylic acids is 2. The Morgan fingerprint density at radius 3 is 2.80 bits per heavy atom. The van der Waals surface area contributed by atoms with Crippen molar-refractivity contribution in [2.75, 3.05) is 0 Å². The maximum absolute atomic E-state index is 11.8. The Kier molecular flexibility index (Phi) is 3.08. The molecule has 4 nitrogen and oxygen atoms in total. The van der Waals surface area contributed by atoms with Crippen molar-refractivity contribution in [3.05, 3.63) is 53.3 Å². The maximum Gasteiger partial charge on any atom is 0.242 e. The number of Topliss-reactive ketones (excluding diaryl/α,β-unsaturated/α-hetero) is 1. The van der Waals surface area contributed by atoms with Crippen molar-refractivity contribution in [3.8, 4) is 11.3 Å². The van der Waals surface area contributed by atoms with Gasteiger partial charge in [-0.05, 0) is 24.3 Å². The first kappa shape index (κ1) is 12.6. The van der Waals surface area contributed by atoms with E-state index >= 15 is 0 Å². The second kappa shape index (κ2) is 4.90. The van der Waals surface area contributed by atoms with E-state index in [9.17, 15) is 9.59 Å². The predicted octanol–water partition coefficient (Wildman–Crippen LogP) is 3.26. The Morgan fingerprint density at radius 2 is 2.10 bits per heavy atom. The summed E-state index contributed by atoms with van der Waals surface area (Å²) in [5.74, 6) is -0.613. The number of hydrogen-bond donors (Lipinski definition) is 1. The lowest BCUT2D eigenvalue weighted by Gasteiger charge is -2.01. The van der Waals surface area contributed by atoms with Gasteiger partial charge in [-0.2, -0.15) is 0 Å². The van der Waals surface area contributed by atoms with Crippen LogP contribution in [-0.4, -0.2) is 22.0 Å². The molecule has 3 rings (SSSR count). The van der Waals surface area contributed by atoms with E-state index in [2.05, 4.69) is 9.97 Å². The fourth-order valence-corrected chi connectivity index (χ4v) is 2.36. The third kappa shape index (κ3) is 2.00. The van der Waals surface area contributed by atoms with Gasteiger partial charge in [0, 0.05) is 27.7 Å². The van der Waals surface area contributed by atoms with Crippen LogP contribution in [0.3, 0.4) is 0 Å². The van der Waals surface area contributed by atoms with Crippen molar-refractivity contribution in [3.63, 3.8) is 0 Å². The van der Waals surface area contributed by atoms with Crippen LogP contribution in [-0.2, 0) is 4.79 Å². The Labute approximate surface area is 119 Å². The number of aromatic amines is 1. The first-order valence-electron chi connectivity index (χ1n) is 5.93. The number of aldehydes is 1. The Hall–Kier alpha value is -2.46. The van der Waals surface area contributed by atoms with E-state index in [1.165, 1.54) is 0 Å². The van der Waals surface area contributed by atoms with Crippen LogP contribution in [0.2, 0.25) is 5.02 Å². The molecule has 0 amide bonds. The van der Waals surface area contributed by atoms with Gasteiger partial charge in [0.25, 0.3) is 0 Å². The largest absolute Gasteiger partial charge is 0.351 e. The minimum Gasteiger partial charge on any atom is -0.351 e. The van der Waals surface area contributed by atoms with Crippen molar-refractivity contribution in [1.82, 2.24) is 9.97 Å². The van der Waals surface area contributed by atoms with Crippen LogP contribution in [0.4, 0.5) is 0 Å². The summed E-state index contributed by atoms with van der Waals surface area (Å²) >= 11 is 5.95. The fraction of sp³-hybridized carbons (Fsp3) is 0. The van der Waals surface area contributed by atoms with Gasteiger partial charge >= 0.3 is 0 Å². The van der Waals surface area contributed by atoms with Crippen molar-refractivity contribution < 1.29 is 9.59 Å². The summed E-state index contributed by atoms with van der Waals surface area (Å²) in [5.41, 5.74) is 2.18. The summed E-state index contributed by atoms with van der Waals surface area (Å²) < 4.78 is 0. The Balaban J connectivity index is 2.37. The molecule has 0 aliphatic carbocycles. The topological polar surface area (TPSA) is 62.8 Å². The smallest absolute Gasteiger partial charge is 0.242 e. The number of nitrogens with one attached hydrogen (secondary N) is 1. The highest BCUT2D eigenvalue weighted by Crippen LogP contribution is 2.32. The molecule has 2 heterocycles. The predicted molar refractivity (Wildman–Crippen MR) is 76.9 cm³/mol. The van der Waals surface area contributed by atoms with Crippen LogP contribution in [0, 0.1) is 0 Å². The molecule has 1 aromatic carbocycles. The molecule has 3 aromatic rings. The number of benzene rings is 1. The standard InChI is InChI=1S/C15H9ClN2O2/c16-9-4-5-10-12(7-9)18-15(13(20)8-19)14(10)11-3-1-2-6-17-11/h1-8,18H. The molecule has 0 fully saturated rings. The molecule has 2 aromatic heterocycles. The van der Waals surface area contributed by atoms with E-state index in [1.807, 2.05) is 6.07 Å². The third-order valence-electron chi connectivity index (χ3n) is 3.04. The molecule has 98 valence electrons. The van der Waals surface area contributed by atoms with E-state index in [-0.39, 0.29) is 5.69 Å². The average Bonchev–Trinajstić information content (AvgIpc) is 2.85. The van der Waals surface area contributed by atoms with Crippen LogP contribution < -0.4 is 0 Å². The zero-order chi connectivity index (χ0) is 14.1. The molecule has 0 radical (unpaired) electrons. The second-order valence-corrected chi connectivity index (χ2v) is 4.70. The van der Waals surface area contributed by atoms with Gasteiger partial charge in [0.15, 0.2) is 6.29 Å². The highest BCUT2D eigenvalue weighted by Gasteiger charge is 2.19. The monoisotopic (exact) mass is 284 g/mol. The quantitative estimate of drug-likeness (QED) is 0.456. The number of fused-ring (bicyclic) bond motifs is 1. The minimum absolute atomic E-state index is 0.232. The van der Waals surface area contributed by atoms with Crippen LogP contribution in [0.1, 0.15) is 10.5 Å². The molecule has 0 aliphatic heterocycles. The molecule has 0 bridgehead atoms. The van der Waals surface area contributed by atoms with E-state index < -0.39 is 5.78 Å². The number of carbonyl (C=O) groups is 2. The highest BCUT2D eigenvalue weighted by atomic mass is 35.5. The summed E-state index contributed by atoms with van der Waals surface area (Å²) in [6.45, 7) is 0. The first-order chi connectivity index (χ1) is 9.70. The summed E-state index contributed by atoms with van der Waals surface area (Å²) in [6.07, 6.45) is 1.93. The summed E-state index contributed by atoms with van der Waals surface area (Å²) in [7, 11) is 0. The van der Waals surface area contributed by atoms with Gasteiger partial charge in [-0.3, -0.25) is 14.6 Å². The maximum atomic E-state index is 11.8. The number of ketones is 1. The lowest BCUT2D eigenvalue weighted by Crippen LogP contribution is -2.02. The number of aromatic nitrogens is 2. The molecular weight excluding hydrogens is 276 g/mol. The van der Waals surface area contributed by atoms with Crippen molar-refractivity contribution >= 4 is 34.6 Å². The van der Waals surface area contributed by atoms with E-state index in [0.29, 0.717) is 28.1 Å². The number of rotatable bonds is 3. The molecule has 0 saturated carbocycles. The zero-order valence-electron chi connectivity index (χ0n) is 10.3. The van der Waals surface area contributed by atoms with Gasteiger partial charge in [-0.1, -0.05) is 23.7 Å². The SMILES string of the molecule is O=CC(=O)c1[nH]c2cc(Cl)ccc2c1-c1ccccn1. The van der Waals surface area contributed by atoms with Gasteiger partial charge in [0.1, 0.15) is 5.69 Å². The highest BCUT2D eigenvalue weighted by molar-refractivity contribution is 6.36. The van der Waals surface area contributed by atoms with Crippen molar-refractivity contribution in [2.24, 2.45) is 0 Å². The Morgan fingerprint density at radius 1 is 1.25 bits per heavy atom. The molecule has 0 atom stereocenters. The molecule has 1 N–H and O–H groups in total. The summed E-state index contributed by atoms with van der Waals surface area (Å²) in [4.78, 5) is 29.8. The average molecular weight is 285 g/mol. The van der Waals surface area contributed by atoms with E-state index in [4.69, 9.17) is 11.6 Å². The second-order valence-electron chi connectivity index (χ2n) is 4.26. The molecule has 0 saturated heterocycles. The number of hydrogen-bond acceptors (Lipinski definition) is 3. The van der Waals surface area contributed by atoms with Crippen LogP contribution in [0.15, 0.2) is 42.6 Å². The van der Waals surface area contributed by atoms with Crippen LogP contribution in [0.5, 0.6) is 0 Å². The number of nitrogens with zero attached hydrogens (tertiary/aromatic N) is 1. The van der Waals surface area contributed by atoms with Crippen LogP contribution >= 0.6 is 11.6 Å². The number of halogens is 1. The molecule has 0 spiro atoms. The minimum atomic E-state index is -0.613. The summed E-state index contributed by atoms with van der Waals surface area (Å²) in [5, 5.41) is 1.36. The van der Waals surface area contributed by atoms with E-state index in [1.54, 1.807) is 36.5 Å². The molecule has 0 unspecified atom stereocenters. The van der Waals surface area contributed by atoms with Gasteiger partial charge in [-0.25, -0.2) is 0 Å². The van der Waals surface area contributed by atoms with Crippen molar-refractivity contribution in [1.29, 1.82) is 0 Å². The van der Waals surface area contributed by atoms with Gasteiger partial charge < -0.3 is 4.98 Å². The van der Waals surface area contributed by atoms with Crippen LogP contribution in [0.25, 0.3) is 22.2 Å². The molecule has 5 heteroatoms. The fourth-order valence-electron chi connectivity index (χ4n) is 2.19. The van der Waals surface area contributed by atoms with Crippen molar-refractivity contribution in [2.45, 2.75) is 0 Å². The van der Waals surface area contributed by atoms with Gasteiger partial charge in [0.05, 0.1) is 5.69 Å². The first-order valence-corrected chi connectivity index (χ1v) is 6.30. The molecule has 0 aliphatic rings. The molecule has 20 heavy (non-hydrogen) atoms. The summed E-state index contributed by atoms with van der Waals surface area (Å²) in [6, 6.07) is 10.7. The normalized spacial score (nSPS) is 10.7. The van der Waals surface area contributed by atoms with Gasteiger partial charge in [-0.15, -0.1) is 0 Å².